The quantitative estimate of drug-likeness (QED) is 0.727. The summed E-state index contributed by atoms with van der Waals surface area (Å²) >= 11 is 0. The average Bonchev–Trinajstić information content (AvgIpc) is 1.95. The average molecular weight is 221 g/mol. The van der Waals surface area contributed by atoms with Crippen molar-refractivity contribution in [3.8, 4) is 0 Å². The molecule has 0 aromatic heterocycles. The van der Waals surface area contributed by atoms with Crippen molar-refractivity contribution in [2.75, 3.05) is 19.8 Å². The fourth-order valence-corrected chi connectivity index (χ4v) is 1.91. The predicted octanol–water partition coefficient (Wildman–Crippen LogP) is 1.95. The van der Waals surface area contributed by atoms with Gasteiger partial charge >= 0.3 is 0 Å². The molecule has 0 aliphatic carbocycles. The van der Waals surface area contributed by atoms with Crippen LogP contribution in [0.2, 0.25) is 0 Å². The summed E-state index contributed by atoms with van der Waals surface area (Å²) in [6.45, 7) is 9.16. The van der Waals surface area contributed by atoms with E-state index in [9.17, 15) is 8.42 Å². The Morgan fingerprint density at radius 1 is 1.29 bits per heavy atom. The molecule has 4 heteroatoms. The first-order valence-corrected chi connectivity index (χ1v) is 6.85. The SMILES string of the molecule is CC[C@@H](CN(C)S(C)(=O)=O)C(C)(C)C. The lowest BCUT2D eigenvalue weighted by atomic mass is 9.79. The van der Waals surface area contributed by atoms with Gasteiger partial charge in [0.2, 0.25) is 10.0 Å². The van der Waals surface area contributed by atoms with Gasteiger partial charge in [0.25, 0.3) is 0 Å². The highest BCUT2D eigenvalue weighted by atomic mass is 32.2. The van der Waals surface area contributed by atoms with Gasteiger partial charge in [-0.2, -0.15) is 0 Å². The van der Waals surface area contributed by atoms with Crippen LogP contribution in [0.3, 0.4) is 0 Å². The molecule has 0 aromatic rings. The molecule has 0 saturated carbocycles. The van der Waals surface area contributed by atoms with Crippen LogP contribution < -0.4 is 0 Å². The third-order valence-corrected chi connectivity index (χ3v) is 4.04. The summed E-state index contributed by atoms with van der Waals surface area (Å²) in [6, 6.07) is 0. The number of hydrogen-bond acceptors (Lipinski definition) is 2. The Hall–Kier alpha value is -0.0900. The minimum atomic E-state index is -3.03. The van der Waals surface area contributed by atoms with Crippen LogP contribution >= 0.6 is 0 Å². The van der Waals surface area contributed by atoms with Gasteiger partial charge in [0, 0.05) is 13.6 Å². The van der Waals surface area contributed by atoms with Gasteiger partial charge in [-0.1, -0.05) is 34.1 Å². The molecule has 86 valence electrons. The summed E-state index contributed by atoms with van der Waals surface area (Å²) < 4.78 is 23.9. The Labute approximate surface area is 88.5 Å². The van der Waals surface area contributed by atoms with E-state index in [0.29, 0.717) is 12.5 Å². The maximum Gasteiger partial charge on any atom is 0.210 e. The van der Waals surface area contributed by atoms with E-state index >= 15 is 0 Å². The topological polar surface area (TPSA) is 37.4 Å². The van der Waals surface area contributed by atoms with E-state index in [0.717, 1.165) is 6.42 Å². The molecule has 14 heavy (non-hydrogen) atoms. The highest BCUT2D eigenvalue weighted by Gasteiger charge is 2.26. The van der Waals surface area contributed by atoms with E-state index in [4.69, 9.17) is 0 Å². The first-order valence-electron chi connectivity index (χ1n) is 5.00. The normalized spacial score (nSPS) is 15.9. The zero-order chi connectivity index (χ0) is 11.6. The Balaban J connectivity index is 4.50. The van der Waals surface area contributed by atoms with Crippen molar-refractivity contribution in [2.45, 2.75) is 34.1 Å². The second-order valence-corrected chi connectivity index (χ2v) is 7.10. The van der Waals surface area contributed by atoms with Crippen LogP contribution in [0.1, 0.15) is 34.1 Å². The largest absolute Gasteiger partial charge is 0.213 e. The minimum Gasteiger partial charge on any atom is -0.213 e. The zero-order valence-corrected chi connectivity index (χ0v) is 11.0. The Bertz CT molecular complexity index is 264. The van der Waals surface area contributed by atoms with Crippen LogP contribution in [0, 0.1) is 11.3 Å². The van der Waals surface area contributed by atoms with E-state index in [1.165, 1.54) is 10.6 Å². The molecule has 0 unspecified atom stereocenters. The van der Waals surface area contributed by atoms with Gasteiger partial charge in [-0.15, -0.1) is 0 Å². The Kier molecular flexibility index (Phi) is 4.59. The molecular weight excluding hydrogens is 198 g/mol. The lowest BCUT2D eigenvalue weighted by Gasteiger charge is -2.32. The molecule has 0 radical (unpaired) electrons. The van der Waals surface area contributed by atoms with Gasteiger partial charge in [-0.05, 0) is 11.3 Å². The minimum absolute atomic E-state index is 0.160. The predicted molar refractivity (Wildman–Crippen MR) is 60.7 cm³/mol. The molecule has 0 heterocycles. The first kappa shape index (κ1) is 13.9. The molecule has 0 bridgehead atoms. The van der Waals surface area contributed by atoms with Gasteiger partial charge < -0.3 is 0 Å². The fraction of sp³-hybridized carbons (Fsp3) is 1.00. The molecule has 1 atom stereocenters. The summed E-state index contributed by atoms with van der Waals surface area (Å²) in [7, 11) is -1.39. The van der Waals surface area contributed by atoms with Gasteiger partial charge in [-0.25, -0.2) is 12.7 Å². The molecule has 0 aromatic carbocycles. The third kappa shape index (κ3) is 4.42. The molecule has 3 nitrogen and oxygen atoms in total. The van der Waals surface area contributed by atoms with E-state index in [1.54, 1.807) is 7.05 Å². The Morgan fingerprint density at radius 2 is 1.71 bits per heavy atom. The van der Waals surface area contributed by atoms with Crippen molar-refractivity contribution in [2.24, 2.45) is 11.3 Å². The van der Waals surface area contributed by atoms with E-state index in [1.807, 2.05) is 0 Å². The number of rotatable bonds is 4. The van der Waals surface area contributed by atoms with Gasteiger partial charge in [-0.3, -0.25) is 0 Å². The summed E-state index contributed by atoms with van der Waals surface area (Å²) in [4.78, 5) is 0. The molecule has 0 N–H and O–H groups in total. The molecule has 0 aliphatic rings. The maximum absolute atomic E-state index is 11.2. The van der Waals surface area contributed by atoms with Gasteiger partial charge in [0.1, 0.15) is 0 Å². The molecule has 0 saturated heterocycles. The van der Waals surface area contributed by atoms with Crippen LogP contribution in [0.4, 0.5) is 0 Å². The molecule has 0 amide bonds. The van der Waals surface area contributed by atoms with Crippen LogP contribution in [0.5, 0.6) is 0 Å². The standard InChI is InChI=1S/C10H23NO2S/c1-7-9(10(2,3)4)8-11(5)14(6,12)13/h9H,7-8H2,1-6H3/t9-/m0/s1. The van der Waals surface area contributed by atoms with Crippen molar-refractivity contribution >= 4 is 10.0 Å². The molecule has 0 aliphatic heterocycles. The van der Waals surface area contributed by atoms with E-state index < -0.39 is 10.0 Å². The summed E-state index contributed by atoms with van der Waals surface area (Å²) in [5, 5.41) is 0. The van der Waals surface area contributed by atoms with Crippen molar-refractivity contribution in [3.05, 3.63) is 0 Å². The second-order valence-electron chi connectivity index (χ2n) is 5.01. The van der Waals surface area contributed by atoms with Crippen LogP contribution in [0.15, 0.2) is 0 Å². The maximum atomic E-state index is 11.2. The molecule has 0 spiro atoms. The summed E-state index contributed by atoms with van der Waals surface area (Å²) in [6.07, 6.45) is 2.26. The van der Waals surface area contributed by atoms with E-state index in [-0.39, 0.29) is 5.41 Å². The van der Waals surface area contributed by atoms with E-state index in [2.05, 4.69) is 27.7 Å². The fourth-order valence-electron chi connectivity index (χ4n) is 1.46. The molecule has 0 rings (SSSR count). The monoisotopic (exact) mass is 221 g/mol. The second kappa shape index (κ2) is 4.62. The number of nitrogens with zero attached hydrogens (tertiary/aromatic N) is 1. The number of hydrogen-bond donors (Lipinski definition) is 0. The van der Waals surface area contributed by atoms with Crippen molar-refractivity contribution in [3.63, 3.8) is 0 Å². The lowest BCUT2D eigenvalue weighted by molar-refractivity contribution is 0.201. The number of sulfonamides is 1. The Morgan fingerprint density at radius 3 is 1.93 bits per heavy atom. The van der Waals surface area contributed by atoms with Crippen molar-refractivity contribution in [1.29, 1.82) is 0 Å². The summed E-state index contributed by atoms with van der Waals surface area (Å²) in [5.74, 6) is 0.405. The first-order chi connectivity index (χ1) is 6.09. The highest BCUT2D eigenvalue weighted by Crippen LogP contribution is 2.29. The molecule has 0 fully saturated rings. The smallest absolute Gasteiger partial charge is 0.210 e. The zero-order valence-electron chi connectivity index (χ0n) is 10.2. The van der Waals surface area contributed by atoms with Crippen LogP contribution in [0.25, 0.3) is 0 Å². The molecular formula is C10H23NO2S. The van der Waals surface area contributed by atoms with Gasteiger partial charge in [0.05, 0.1) is 6.26 Å². The summed E-state index contributed by atoms with van der Waals surface area (Å²) in [5.41, 5.74) is 0.160. The van der Waals surface area contributed by atoms with Crippen LogP contribution in [-0.4, -0.2) is 32.6 Å². The van der Waals surface area contributed by atoms with Crippen molar-refractivity contribution in [1.82, 2.24) is 4.31 Å². The highest BCUT2D eigenvalue weighted by molar-refractivity contribution is 7.88. The lowest BCUT2D eigenvalue weighted by Crippen LogP contribution is -2.35. The third-order valence-electron chi connectivity index (χ3n) is 2.76. The van der Waals surface area contributed by atoms with Crippen LogP contribution in [-0.2, 0) is 10.0 Å². The van der Waals surface area contributed by atoms with Gasteiger partial charge in [0.15, 0.2) is 0 Å². The van der Waals surface area contributed by atoms with Crippen molar-refractivity contribution < 1.29 is 8.42 Å².